The average Bonchev–Trinajstić information content (AvgIpc) is 3.03. The molecule has 27 heavy (non-hydrogen) atoms. The first-order chi connectivity index (χ1) is 12.9. The Morgan fingerprint density at radius 1 is 1.15 bits per heavy atom. The molecule has 0 radical (unpaired) electrons. The fourth-order valence-electron chi connectivity index (χ4n) is 3.59. The van der Waals surface area contributed by atoms with Crippen molar-refractivity contribution in [2.75, 3.05) is 22.8 Å². The quantitative estimate of drug-likeness (QED) is 0.710. The van der Waals surface area contributed by atoms with Gasteiger partial charge < -0.3 is 4.90 Å². The van der Waals surface area contributed by atoms with Crippen LogP contribution in [-0.4, -0.2) is 27.9 Å². The number of amides is 1. The normalized spacial score (nSPS) is 16.7. The van der Waals surface area contributed by atoms with Gasteiger partial charge in [0.15, 0.2) is 0 Å². The molecule has 1 heterocycles. The van der Waals surface area contributed by atoms with Crippen LogP contribution in [0.3, 0.4) is 0 Å². The highest BCUT2D eigenvalue weighted by Gasteiger charge is 2.34. The molecule has 0 unspecified atom stereocenters. The molecule has 1 amide bonds. The Balaban J connectivity index is 1.61. The summed E-state index contributed by atoms with van der Waals surface area (Å²) >= 11 is 3.36. The third kappa shape index (κ3) is 3.27. The lowest BCUT2D eigenvalue weighted by atomic mass is 9.84. The van der Waals surface area contributed by atoms with Gasteiger partial charge in [-0.1, -0.05) is 22.4 Å². The molecule has 142 valence electrons. The van der Waals surface area contributed by atoms with E-state index in [1.807, 2.05) is 17.0 Å². The van der Waals surface area contributed by atoms with Crippen molar-refractivity contribution in [2.45, 2.75) is 30.6 Å². The zero-order valence-electron chi connectivity index (χ0n) is 15.1. The fraction of sp³-hybridized carbons (Fsp3) is 0.350. The second-order valence-corrected chi connectivity index (χ2v) is 9.99. The molecule has 2 aromatic carbocycles. The Kier molecular flexibility index (Phi) is 4.76. The first-order valence-corrected chi connectivity index (χ1v) is 11.3. The largest absolute Gasteiger partial charge is 0.312 e. The van der Waals surface area contributed by atoms with Crippen molar-refractivity contribution in [2.24, 2.45) is 5.92 Å². The molecule has 1 aliphatic carbocycles. The number of anilines is 2. The molecule has 0 bridgehead atoms. The minimum Gasteiger partial charge on any atom is -0.312 e. The molecule has 0 N–H and O–H groups in total. The maximum atomic E-state index is 13.0. The van der Waals surface area contributed by atoms with Crippen LogP contribution in [0.15, 0.2) is 51.8 Å². The summed E-state index contributed by atoms with van der Waals surface area (Å²) in [4.78, 5) is 14.7. The van der Waals surface area contributed by atoms with Gasteiger partial charge in [-0.05, 0) is 67.3 Å². The van der Waals surface area contributed by atoms with E-state index in [1.54, 1.807) is 37.4 Å². The standard InChI is InChI=1S/C20H21BrN2O3S/c1-22(17-7-5-16(21)6-8-17)27(25,26)18-9-10-19-15(13-18)11-12-23(19)20(24)14-3-2-4-14/h5-10,13-14H,2-4,11-12H2,1H3. The smallest absolute Gasteiger partial charge is 0.264 e. The number of carbonyl (C=O) groups is 1. The molecule has 0 saturated heterocycles. The van der Waals surface area contributed by atoms with Gasteiger partial charge in [0.25, 0.3) is 10.0 Å². The number of hydrogen-bond donors (Lipinski definition) is 0. The average molecular weight is 449 g/mol. The van der Waals surface area contributed by atoms with E-state index in [1.165, 1.54) is 4.31 Å². The van der Waals surface area contributed by atoms with E-state index >= 15 is 0 Å². The Bertz CT molecular complexity index is 985. The van der Waals surface area contributed by atoms with Crippen molar-refractivity contribution >= 4 is 43.2 Å². The molecule has 0 atom stereocenters. The van der Waals surface area contributed by atoms with E-state index in [2.05, 4.69) is 15.9 Å². The molecule has 1 aliphatic heterocycles. The van der Waals surface area contributed by atoms with Crippen molar-refractivity contribution in [3.8, 4) is 0 Å². The summed E-state index contributed by atoms with van der Waals surface area (Å²) < 4.78 is 28.2. The number of rotatable bonds is 4. The predicted octanol–water partition coefficient (Wildman–Crippen LogP) is 3.96. The minimum absolute atomic E-state index is 0.142. The van der Waals surface area contributed by atoms with Gasteiger partial charge in [0.1, 0.15) is 0 Å². The summed E-state index contributed by atoms with van der Waals surface area (Å²) in [5, 5.41) is 0. The van der Waals surface area contributed by atoms with Crippen molar-refractivity contribution in [3.63, 3.8) is 0 Å². The Hall–Kier alpha value is -1.86. The Labute approximate surface area is 168 Å². The molecule has 1 fully saturated rings. The molecule has 7 heteroatoms. The van der Waals surface area contributed by atoms with Crippen molar-refractivity contribution < 1.29 is 13.2 Å². The molecule has 0 spiro atoms. The van der Waals surface area contributed by atoms with Crippen LogP contribution >= 0.6 is 15.9 Å². The number of nitrogens with zero attached hydrogens (tertiary/aromatic N) is 2. The second kappa shape index (κ2) is 6.95. The number of carbonyl (C=O) groups excluding carboxylic acids is 1. The summed E-state index contributed by atoms with van der Waals surface area (Å²) in [6.45, 7) is 0.636. The number of sulfonamides is 1. The van der Waals surface area contributed by atoms with Crippen LogP contribution in [0.4, 0.5) is 11.4 Å². The Morgan fingerprint density at radius 3 is 2.48 bits per heavy atom. The van der Waals surface area contributed by atoms with Gasteiger partial charge in [-0.3, -0.25) is 9.10 Å². The number of halogens is 1. The summed E-state index contributed by atoms with van der Waals surface area (Å²) in [5.41, 5.74) is 2.38. The molecule has 4 rings (SSSR count). The lowest BCUT2D eigenvalue weighted by Crippen LogP contribution is -2.37. The number of hydrogen-bond acceptors (Lipinski definition) is 3. The van der Waals surface area contributed by atoms with E-state index in [9.17, 15) is 13.2 Å². The third-order valence-electron chi connectivity index (χ3n) is 5.52. The lowest BCUT2D eigenvalue weighted by molar-refractivity contribution is -0.124. The van der Waals surface area contributed by atoms with Gasteiger partial charge in [-0.15, -0.1) is 0 Å². The van der Waals surface area contributed by atoms with Crippen LogP contribution in [-0.2, 0) is 21.2 Å². The van der Waals surface area contributed by atoms with Gasteiger partial charge in [0.05, 0.1) is 10.6 Å². The fourth-order valence-corrected chi connectivity index (χ4v) is 5.10. The van der Waals surface area contributed by atoms with Crippen LogP contribution < -0.4 is 9.21 Å². The number of fused-ring (bicyclic) bond motifs is 1. The van der Waals surface area contributed by atoms with Gasteiger partial charge in [-0.25, -0.2) is 8.42 Å². The van der Waals surface area contributed by atoms with Gasteiger partial charge in [0.2, 0.25) is 5.91 Å². The molecular formula is C20H21BrN2O3S. The van der Waals surface area contributed by atoms with Crippen LogP contribution in [0, 0.1) is 5.92 Å². The molecule has 5 nitrogen and oxygen atoms in total. The van der Waals surface area contributed by atoms with E-state index in [4.69, 9.17) is 0 Å². The molecule has 0 aromatic heterocycles. The highest BCUT2D eigenvalue weighted by Crippen LogP contribution is 2.36. The lowest BCUT2D eigenvalue weighted by Gasteiger charge is -2.29. The van der Waals surface area contributed by atoms with Gasteiger partial charge >= 0.3 is 0 Å². The van der Waals surface area contributed by atoms with Crippen LogP contribution in [0.2, 0.25) is 0 Å². The summed E-state index contributed by atoms with van der Waals surface area (Å²) in [6.07, 6.45) is 3.75. The highest BCUT2D eigenvalue weighted by atomic mass is 79.9. The first kappa shape index (κ1) is 18.5. The predicted molar refractivity (Wildman–Crippen MR) is 110 cm³/mol. The van der Waals surface area contributed by atoms with Crippen LogP contribution in [0.25, 0.3) is 0 Å². The van der Waals surface area contributed by atoms with Gasteiger partial charge in [0, 0.05) is 29.7 Å². The van der Waals surface area contributed by atoms with Crippen LogP contribution in [0.1, 0.15) is 24.8 Å². The number of benzene rings is 2. The third-order valence-corrected chi connectivity index (χ3v) is 7.83. The topological polar surface area (TPSA) is 57.7 Å². The first-order valence-electron chi connectivity index (χ1n) is 9.07. The molecule has 2 aromatic rings. The minimum atomic E-state index is -3.66. The summed E-state index contributed by atoms with van der Waals surface area (Å²) in [6, 6.07) is 12.2. The highest BCUT2D eigenvalue weighted by molar-refractivity contribution is 9.10. The maximum Gasteiger partial charge on any atom is 0.264 e. The van der Waals surface area contributed by atoms with E-state index in [0.29, 0.717) is 18.7 Å². The van der Waals surface area contributed by atoms with Crippen molar-refractivity contribution in [1.29, 1.82) is 0 Å². The van der Waals surface area contributed by atoms with E-state index < -0.39 is 10.0 Å². The van der Waals surface area contributed by atoms with Crippen LogP contribution in [0.5, 0.6) is 0 Å². The summed E-state index contributed by atoms with van der Waals surface area (Å²) in [7, 11) is -2.11. The maximum absolute atomic E-state index is 13.0. The van der Waals surface area contributed by atoms with Crippen molar-refractivity contribution in [1.82, 2.24) is 0 Å². The van der Waals surface area contributed by atoms with E-state index in [-0.39, 0.29) is 16.7 Å². The molecule has 2 aliphatic rings. The van der Waals surface area contributed by atoms with Crippen molar-refractivity contribution in [3.05, 3.63) is 52.5 Å². The van der Waals surface area contributed by atoms with E-state index in [0.717, 1.165) is 35.0 Å². The Morgan fingerprint density at radius 2 is 1.85 bits per heavy atom. The second-order valence-electron chi connectivity index (χ2n) is 7.11. The molecule has 1 saturated carbocycles. The SMILES string of the molecule is CN(c1ccc(Br)cc1)S(=O)(=O)c1ccc2c(c1)CCN2C(=O)C1CCC1. The summed E-state index contributed by atoms with van der Waals surface area (Å²) in [5.74, 6) is 0.325. The monoisotopic (exact) mass is 448 g/mol. The molecular weight excluding hydrogens is 428 g/mol. The zero-order valence-corrected chi connectivity index (χ0v) is 17.5. The van der Waals surface area contributed by atoms with Gasteiger partial charge in [-0.2, -0.15) is 0 Å². The zero-order chi connectivity index (χ0) is 19.2.